The molecule has 0 unspecified atom stereocenters. The molecular weight excluding hydrogens is 262 g/mol. The number of carboxylic acids is 1. The monoisotopic (exact) mass is 279 g/mol. The highest BCUT2D eigenvalue weighted by Gasteiger charge is 2.26. The van der Waals surface area contributed by atoms with E-state index in [-0.39, 0.29) is 11.6 Å². The van der Waals surface area contributed by atoms with E-state index < -0.39 is 10.9 Å². The number of rotatable bonds is 5. The van der Waals surface area contributed by atoms with Crippen molar-refractivity contribution < 1.29 is 19.6 Å². The van der Waals surface area contributed by atoms with Gasteiger partial charge in [-0.25, -0.2) is 0 Å². The maximum Gasteiger partial charge on any atom is 0.306 e. The summed E-state index contributed by atoms with van der Waals surface area (Å²) in [6, 6.07) is 6.00. The predicted molar refractivity (Wildman–Crippen MR) is 71.7 cm³/mol. The summed E-state index contributed by atoms with van der Waals surface area (Å²) < 4.78 is 5.61. The average Bonchev–Trinajstić information content (AvgIpc) is 2.46. The average molecular weight is 279 g/mol. The van der Waals surface area contributed by atoms with E-state index in [0.29, 0.717) is 31.1 Å². The molecule has 0 bridgehead atoms. The highest BCUT2D eigenvalue weighted by atomic mass is 16.6. The van der Waals surface area contributed by atoms with E-state index in [9.17, 15) is 14.9 Å². The zero-order chi connectivity index (χ0) is 14.5. The van der Waals surface area contributed by atoms with E-state index in [1.54, 1.807) is 12.1 Å². The van der Waals surface area contributed by atoms with E-state index in [1.165, 1.54) is 12.1 Å². The highest BCUT2D eigenvalue weighted by molar-refractivity contribution is 5.69. The molecule has 0 spiro atoms. The Morgan fingerprint density at radius 1 is 1.25 bits per heavy atom. The fourth-order valence-corrected chi connectivity index (χ4v) is 2.45. The van der Waals surface area contributed by atoms with Crippen LogP contribution in [0.25, 0.3) is 0 Å². The van der Waals surface area contributed by atoms with E-state index >= 15 is 0 Å². The first-order chi connectivity index (χ1) is 9.56. The summed E-state index contributed by atoms with van der Waals surface area (Å²) in [5, 5.41) is 19.4. The molecule has 6 heteroatoms. The molecule has 1 N–H and O–H groups in total. The summed E-state index contributed by atoms with van der Waals surface area (Å²) in [5.74, 6) is 0.0436. The number of nitro groups is 1. The second-order valence-electron chi connectivity index (χ2n) is 5.12. The molecule has 0 atom stereocenters. The number of non-ortho nitro benzene ring substituents is 1. The van der Waals surface area contributed by atoms with Crippen LogP contribution in [-0.4, -0.2) is 22.6 Å². The molecule has 1 fully saturated rings. The van der Waals surface area contributed by atoms with Crippen molar-refractivity contribution in [1.82, 2.24) is 0 Å². The topological polar surface area (TPSA) is 89.7 Å². The molecule has 0 heterocycles. The molecule has 0 aromatic heterocycles. The molecule has 0 amide bonds. The summed E-state index contributed by atoms with van der Waals surface area (Å²) in [6.45, 7) is 0.532. The van der Waals surface area contributed by atoms with Crippen molar-refractivity contribution in [2.45, 2.75) is 25.7 Å². The Balaban J connectivity index is 1.78. The van der Waals surface area contributed by atoms with Crippen molar-refractivity contribution in [3.63, 3.8) is 0 Å². The minimum Gasteiger partial charge on any atom is -0.493 e. The van der Waals surface area contributed by atoms with E-state index in [1.807, 2.05) is 0 Å². The summed E-state index contributed by atoms with van der Waals surface area (Å²) in [6.07, 6.45) is 3.10. The van der Waals surface area contributed by atoms with Crippen molar-refractivity contribution in [2.75, 3.05) is 6.61 Å². The van der Waals surface area contributed by atoms with Gasteiger partial charge in [-0.2, -0.15) is 0 Å². The van der Waals surface area contributed by atoms with Gasteiger partial charge in [-0.05, 0) is 43.7 Å². The SMILES string of the molecule is O=C(O)C1CCC(COc2ccc([N+](=O)[O-])cc2)CC1. The fraction of sp³-hybridized carbons (Fsp3) is 0.500. The summed E-state index contributed by atoms with van der Waals surface area (Å²) in [7, 11) is 0. The summed E-state index contributed by atoms with van der Waals surface area (Å²) in [5.41, 5.74) is 0.0410. The van der Waals surface area contributed by atoms with Crippen molar-refractivity contribution in [3.05, 3.63) is 34.4 Å². The molecule has 20 heavy (non-hydrogen) atoms. The van der Waals surface area contributed by atoms with Gasteiger partial charge < -0.3 is 9.84 Å². The van der Waals surface area contributed by atoms with Crippen molar-refractivity contribution in [1.29, 1.82) is 0 Å². The van der Waals surface area contributed by atoms with Crippen LogP contribution < -0.4 is 4.74 Å². The number of carbonyl (C=O) groups is 1. The fourth-order valence-electron chi connectivity index (χ4n) is 2.45. The Morgan fingerprint density at radius 2 is 1.85 bits per heavy atom. The second kappa shape index (κ2) is 6.36. The Labute approximate surface area is 116 Å². The summed E-state index contributed by atoms with van der Waals surface area (Å²) >= 11 is 0. The number of hydrogen-bond acceptors (Lipinski definition) is 4. The standard InChI is InChI=1S/C14H17NO5/c16-14(17)11-3-1-10(2-4-11)9-20-13-7-5-12(6-8-13)15(18)19/h5-8,10-11H,1-4,9H2,(H,16,17). The molecule has 1 saturated carbocycles. The Bertz CT molecular complexity index is 477. The maximum absolute atomic E-state index is 10.8. The molecule has 6 nitrogen and oxygen atoms in total. The quantitative estimate of drug-likeness (QED) is 0.661. The Hall–Kier alpha value is -2.11. The Morgan fingerprint density at radius 3 is 2.35 bits per heavy atom. The number of hydrogen-bond donors (Lipinski definition) is 1. The van der Waals surface area contributed by atoms with E-state index in [4.69, 9.17) is 9.84 Å². The first kappa shape index (κ1) is 14.3. The second-order valence-corrected chi connectivity index (χ2v) is 5.12. The van der Waals surface area contributed by atoms with Crippen LogP contribution in [0.1, 0.15) is 25.7 Å². The first-order valence-electron chi connectivity index (χ1n) is 6.66. The normalized spacial score (nSPS) is 22.2. The third-order valence-electron chi connectivity index (χ3n) is 3.73. The first-order valence-corrected chi connectivity index (χ1v) is 6.66. The summed E-state index contributed by atoms with van der Waals surface area (Å²) in [4.78, 5) is 20.9. The largest absolute Gasteiger partial charge is 0.493 e. The van der Waals surface area contributed by atoms with Gasteiger partial charge in [-0.1, -0.05) is 0 Å². The van der Waals surface area contributed by atoms with Crippen LogP contribution in [0.15, 0.2) is 24.3 Å². The van der Waals surface area contributed by atoms with Gasteiger partial charge in [0.1, 0.15) is 5.75 Å². The molecule has 0 saturated heterocycles. The maximum atomic E-state index is 10.8. The van der Waals surface area contributed by atoms with Gasteiger partial charge in [0.25, 0.3) is 5.69 Å². The molecule has 108 valence electrons. The van der Waals surface area contributed by atoms with E-state index in [2.05, 4.69) is 0 Å². The minimum atomic E-state index is -0.709. The molecule has 0 radical (unpaired) electrons. The number of nitrogens with zero attached hydrogens (tertiary/aromatic N) is 1. The number of aliphatic carboxylic acids is 1. The lowest BCUT2D eigenvalue weighted by atomic mass is 9.82. The van der Waals surface area contributed by atoms with Gasteiger partial charge >= 0.3 is 5.97 Å². The van der Waals surface area contributed by atoms with Gasteiger partial charge in [0, 0.05) is 12.1 Å². The van der Waals surface area contributed by atoms with Gasteiger partial charge in [-0.3, -0.25) is 14.9 Å². The number of carboxylic acid groups (broad SMARTS) is 1. The van der Waals surface area contributed by atoms with Crippen molar-refractivity contribution >= 4 is 11.7 Å². The predicted octanol–water partition coefficient (Wildman–Crippen LogP) is 2.86. The highest BCUT2D eigenvalue weighted by Crippen LogP contribution is 2.29. The minimum absolute atomic E-state index is 0.0410. The van der Waals surface area contributed by atoms with Crippen LogP contribution in [-0.2, 0) is 4.79 Å². The zero-order valence-corrected chi connectivity index (χ0v) is 11.0. The lowest BCUT2D eigenvalue weighted by Gasteiger charge is -2.25. The molecule has 1 aromatic carbocycles. The van der Waals surface area contributed by atoms with Gasteiger partial charge in [-0.15, -0.1) is 0 Å². The van der Waals surface area contributed by atoms with E-state index in [0.717, 1.165) is 12.8 Å². The molecule has 0 aliphatic heterocycles. The van der Waals surface area contributed by atoms with Crippen LogP contribution in [0, 0.1) is 22.0 Å². The van der Waals surface area contributed by atoms with Crippen LogP contribution >= 0.6 is 0 Å². The van der Waals surface area contributed by atoms with Crippen LogP contribution in [0.5, 0.6) is 5.75 Å². The molecular formula is C14H17NO5. The number of ether oxygens (including phenoxy) is 1. The molecule has 1 aliphatic rings. The van der Waals surface area contributed by atoms with Gasteiger partial charge in [0.05, 0.1) is 17.4 Å². The number of benzene rings is 1. The van der Waals surface area contributed by atoms with Gasteiger partial charge in [0.15, 0.2) is 0 Å². The van der Waals surface area contributed by atoms with Crippen LogP contribution in [0.3, 0.4) is 0 Å². The number of nitro benzene ring substituents is 1. The zero-order valence-electron chi connectivity index (χ0n) is 11.0. The van der Waals surface area contributed by atoms with Crippen LogP contribution in [0.4, 0.5) is 5.69 Å². The molecule has 1 aliphatic carbocycles. The lowest BCUT2D eigenvalue weighted by molar-refractivity contribution is -0.384. The van der Waals surface area contributed by atoms with Crippen LogP contribution in [0.2, 0.25) is 0 Å². The van der Waals surface area contributed by atoms with Gasteiger partial charge in [0.2, 0.25) is 0 Å². The lowest BCUT2D eigenvalue weighted by Crippen LogP contribution is -2.24. The third kappa shape index (κ3) is 3.69. The van der Waals surface area contributed by atoms with Crippen molar-refractivity contribution in [3.8, 4) is 5.75 Å². The molecule has 2 rings (SSSR count). The smallest absolute Gasteiger partial charge is 0.306 e. The molecule has 1 aromatic rings. The Kier molecular flexibility index (Phi) is 4.55. The third-order valence-corrected chi connectivity index (χ3v) is 3.73. The van der Waals surface area contributed by atoms with Crippen molar-refractivity contribution in [2.24, 2.45) is 11.8 Å².